The van der Waals surface area contributed by atoms with Gasteiger partial charge in [-0.25, -0.2) is 4.52 Å². The molecule has 1 fully saturated rings. The van der Waals surface area contributed by atoms with Gasteiger partial charge in [-0.3, -0.25) is 9.59 Å². The Balaban J connectivity index is 1.58. The summed E-state index contributed by atoms with van der Waals surface area (Å²) in [5, 5.41) is 4.27. The third-order valence-corrected chi connectivity index (χ3v) is 5.51. The molecule has 0 unspecified atom stereocenters. The zero-order valence-electron chi connectivity index (χ0n) is 16.3. The van der Waals surface area contributed by atoms with Crippen LogP contribution >= 0.6 is 0 Å². The van der Waals surface area contributed by atoms with Gasteiger partial charge in [-0.05, 0) is 12.0 Å². The van der Waals surface area contributed by atoms with Gasteiger partial charge in [-0.1, -0.05) is 37.3 Å². The fraction of sp³-hybridized carbons (Fsp3) is 0.381. The monoisotopic (exact) mass is 379 g/mol. The van der Waals surface area contributed by atoms with Crippen LogP contribution in [0.2, 0.25) is 0 Å². The number of hydrogen-bond acceptors (Lipinski definition) is 3. The molecule has 1 aliphatic rings. The molecule has 0 aliphatic carbocycles. The van der Waals surface area contributed by atoms with Gasteiger partial charge in [0.05, 0.1) is 6.20 Å². The standard InChI is InChI=1S/C21H25N5O2/c1-3-17-15-24(21(28)18-13-22-26-12-11-23(2)20(18)26)10-9-19(27)25(17)14-16-7-5-4-6-8-16/h4-8,11-13,17H,3,9-10,14-15H2,1-2H3/t17-/m0/s1. The second-order valence-electron chi connectivity index (χ2n) is 7.31. The lowest BCUT2D eigenvalue weighted by atomic mass is 10.1. The molecular formula is C21H25N5O2. The van der Waals surface area contributed by atoms with Crippen molar-refractivity contribution in [1.82, 2.24) is 24.0 Å². The van der Waals surface area contributed by atoms with Crippen LogP contribution in [0.4, 0.5) is 0 Å². The second kappa shape index (κ2) is 7.50. The van der Waals surface area contributed by atoms with Crippen molar-refractivity contribution in [2.24, 2.45) is 7.05 Å². The minimum Gasteiger partial charge on any atom is -0.336 e. The van der Waals surface area contributed by atoms with Crippen molar-refractivity contribution in [3.8, 4) is 0 Å². The number of aromatic nitrogens is 3. The highest BCUT2D eigenvalue weighted by molar-refractivity contribution is 6.00. The number of carbonyl (C=O) groups is 2. The highest BCUT2D eigenvalue weighted by Gasteiger charge is 2.32. The van der Waals surface area contributed by atoms with Gasteiger partial charge in [0.1, 0.15) is 11.2 Å². The fourth-order valence-corrected chi connectivity index (χ4v) is 3.92. The summed E-state index contributed by atoms with van der Waals surface area (Å²) in [7, 11) is 1.90. The molecule has 0 spiro atoms. The van der Waals surface area contributed by atoms with Crippen molar-refractivity contribution in [3.63, 3.8) is 0 Å². The average Bonchev–Trinajstić information content (AvgIpc) is 3.25. The third kappa shape index (κ3) is 3.28. The van der Waals surface area contributed by atoms with Crippen LogP contribution in [0.5, 0.6) is 0 Å². The SMILES string of the molecule is CC[C@H]1CN(C(=O)c2cnn3ccn(C)c23)CCC(=O)N1Cc1ccccc1. The van der Waals surface area contributed by atoms with E-state index in [2.05, 4.69) is 12.0 Å². The number of amides is 2. The van der Waals surface area contributed by atoms with Crippen molar-refractivity contribution in [2.75, 3.05) is 13.1 Å². The maximum Gasteiger partial charge on any atom is 0.259 e. The molecule has 2 aromatic heterocycles. The first kappa shape index (κ1) is 18.3. The minimum absolute atomic E-state index is 0.00127. The largest absolute Gasteiger partial charge is 0.336 e. The summed E-state index contributed by atoms with van der Waals surface area (Å²) in [6, 6.07) is 10.0. The van der Waals surface area contributed by atoms with E-state index in [-0.39, 0.29) is 17.9 Å². The molecule has 1 saturated heterocycles. The van der Waals surface area contributed by atoms with Crippen molar-refractivity contribution >= 4 is 17.5 Å². The van der Waals surface area contributed by atoms with E-state index in [0.717, 1.165) is 17.6 Å². The van der Waals surface area contributed by atoms with Gasteiger partial charge in [0, 0.05) is 51.5 Å². The third-order valence-electron chi connectivity index (χ3n) is 5.51. The normalized spacial score (nSPS) is 17.9. The predicted octanol–water partition coefficient (Wildman–Crippen LogP) is 2.33. The fourth-order valence-electron chi connectivity index (χ4n) is 3.92. The van der Waals surface area contributed by atoms with Crippen molar-refractivity contribution < 1.29 is 9.59 Å². The number of aryl methyl sites for hydroxylation is 1. The van der Waals surface area contributed by atoms with Crippen LogP contribution in [0.1, 0.15) is 35.7 Å². The molecule has 3 heterocycles. The molecule has 1 aromatic carbocycles. The van der Waals surface area contributed by atoms with Crippen LogP contribution in [-0.4, -0.2) is 54.9 Å². The number of carbonyl (C=O) groups excluding carboxylic acids is 2. The quantitative estimate of drug-likeness (QED) is 0.699. The zero-order valence-corrected chi connectivity index (χ0v) is 16.3. The second-order valence-corrected chi connectivity index (χ2v) is 7.31. The summed E-state index contributed by atoms with van der Waals surface area (Å²) in [4.78, 5) is 29.8. The Morgan fingerprint density at radius 1 is 1.21 bits per heavy atom. The molecule has 0 radical (unpaired) electrons. The molecule has 7 nitrogen and oxygen atoms in total. The minimum atomic E-state index is -0.0652. The van der Waals surface area contributed by atoms with E-state index in [1.807, 2.05) is 59.2 Å². The van der Waals surface area contributed by atoms with E-state index >= 15 is 0 Å². The summed E-state index contributed by atoms with van der Waals surface area (Å²) in [6.07, 6.45) is 6.46. The van der Waals surface area contributed by atoms with E-state index in [1.54, 1.807) is 15.6 Å². The number of rotatable bonds is 4. The molecule has 3 aromatic rings. The molecule has 0 saturated carbocycles. The van der Waals surface area contributed by atoms with Crippen LogP contribution in [-0.2, 0) is 18.4 Å². The molecular weight excluding hydrogens is 354 g/mol. The lowest BCUT2D eigenvalue weighted by molar-refractivity contribution is -0.133. The van der Waals surface area contributed by atoms with Gasteiger partial charge < -0.3 is 14.4 Å². The van der Waals surface area contributed by atoms with Crippen LogP contribution in [0.15, 0.2) is 48.9 Å². The molecule has 4 rings (SSSR count). The Morgan fingerprint density at radius 2 is 2.00 bits per heavy atom. The van der Waals surface area contributed by atoms with Crippen LogP contribution in [0, 0.1) is 0 Å². The zero-order chi connectivity index (χ0) is 19.7. The van der Waals surface area contributed by atoms with Gasteiger partial charge in [0.2, 0.25) is 5.91 Å². The van der Waals surface area contributed by atoms with E-state index < -0.39 is 0 Å². The smallest absolute Gasteiger partial charge is 0.259 e. The summed E-state index contributed by atoms with van der Waals surface area (Å²) in [5.41, 5.74) is 2.46. The van der Waals surface area contributed by atoms with Gasteiger partial charge in [0.25, 0.3) is 5.91 Å². The van der Waals surface area contributed by atoms with Crippen LogP contribution in [0.3, 0.4) is 0 Å². The van der Waals surface area contributed by atoms with E-state index in [9.17, 15) is 9.59 Å². The maximum atomic E-state index is 13.2. The first-order valence-electron chi connectivity index (χ1n) is 9.69. The Bertz CT molecular complexity index is 991. The van der Waals surface area contributed by atoms with Gasteiger partial charge in [-0.15, -0.1) is 0 Å². The summed E-state index contributed by atoms with van der Waals surface area (Å²) >= 11 is 0. The van der Waals surface area contributed by atoms with E-state index in [4.69, 9.17) is 0 Å². The molecule has 2 amide bonds. The Labute approximate surface area is 164 Å². The number of fused-ring (bicyclic) bond motifs is 1. The number of imidazole rings is 1. The Kier molecular flexibility index (Phi) is 4.90. The molecule has 146 valence electrons. The molecule has 0 N–H and O–H groups in total. The van der Waals surface area contributed by atoms with Gasteiger partial charge in [0.15, 0.2) is 0 Å². The Hall–Kier alpha value is -3.09. The number of nitrogens with zero attached hydrogens (tertiary/aromatic N) is 5. The molecule has 7 heteroatoms. The van der Waals surface area contributed by atoms with E-state index in [1.165, 1.54) is 0 Å². The topological polar surface area (TPSA) is 62.9 Å². The molecule has 1 aliphatic heterocycles. The first-order chi connectivity index (χ1) is 13.6. The molecule has 28 heavy (non-hydrogen) atoms. The molecule has 1 atom stereocenters. The maximum absolute atomic E-state index is 13.2. The lowest BCUT2D eigenvalue weighted by Gasteiger charge is -2.31. The van der Waals surface area contributed by atoms with Crippen molar-refractivity contribution in [3.05, 3.63) is 60.0 Å². The summed E-state index contributed by atoms with van der Waals surface area (Å²) in [5.74, 6) is 0.0367. The van der Waals surface area contributed by atoms with Gasteiger partial charge >= 0.3 is 0 Å². The molecule has 0 bridgehead atoms. The number of hydrogen-bond donors (Lipinski definition) is 0. The van der Waals surface area contributed by atoms with Crippen molar-refractivity contribution in [1.29, 1.82) is 0 Å². The van der Waals surface area contributed by atoms with E-state index in [0.29, 0.717) is 31.6 Å². The van der Waals surface area contributed by atoms with Crippen LogP contribution < -0.4 is 0 Å². The summed E-state index contributed by atoms with van der Waals surface area (Å²) in [6.45, 7) is 3.62. The highest BCUT2D eigenvalue weighted by atomic mass is 16.2. The Morgan fingerprint density at radius 3 is 2.75 bits per heavy atom. The summed E-state index contributed by atoms with van der Waals surface area (Å²) < 4.78 is 3.59. The predicted molar refractivity (Wildman–Crippen MR) is 106 cm³/mol. The van der Waals surface area contributed by atoms with Crippen molar-refractivity contribution in [2.45, 2.75) is 32.4 Å². The lowest BCUT2D eigenvalue weighted by Crippen LogP contribution is -2.43. The highest BCUT2D eigenvalue weighted by Crippen LogP contribution is 2.21. The van der Waals surface area contributed by atoms with Gasteiger partial charge in [-0.2, -0.15) is 5.10 Å². The van der Waals surface area contributed by atoms with Crippen LogP contribution in [0.25, 0.3) is 5.65 Å². The number of benzene rings is 1. The average molecular weight is 379 g/mol. The first-order valence-corrected chi connectivity index (χ1v) is 9.69.